The lowest BCUT2D eigenvalue weighted by molar-refractivity contribution is 0.274. The van der Waals surface area contributed by atoms with Gasteiger partial charge in [0.25, 0.3) is 0 Å². The van der Waals surface area contributed by atoms with Crippen molar-refractivity contribution in [1.82, 2.24) is 0 Å². The van der Waals surface area contributed by atoms with Crippen LogP contribution in [0.15, 0.2) is 146 Å². The van der Waals surface area contributed by atoms with Gasteiger partial charge in [-0.3, -0.25) is 0 Å². The molecule has 0 spiro atoms. The summed E-state index contributed by atoms with van der Waals surface area (Å²) in [6.45, 7) is 42.3. The van der Waals surface area contributed by atoms with Crippen molar-refractivity contribution in [3.63, 3.8) is 0 Å². The molecule has 1 atom stereocenters. The van der Waals surface area contributed by atoms with Gasteiger partial charge in [-0.2, -0.15) is 0 Å². The first kappa shape index (κ1) is 99.9. The zero-order valence-corrected chi connectivity index (χ0v) is 82.5. The first-order valence-electron chi connectivity index (χ1n) is 35.5. The van der Waals surface area contributed by atoms with Gasteiger partial charge < -0.3 is 62.1 Å². The highest BCUT2D eigenvalue weighted by Crippen LogP contribution is 2.43. The van der Waals surface area contributed by atoms with Crippen LogP contribution in [0.4, 0.5) is 0 Å². The maximum atomic E-state index is 9.60. The highest BCUT2D eigenvalue weighted by Gasteiger charge is 2.39. The van der Waals surface area contributed by atoms with Crippen molar-refractivity contribution in [2.45, 2.75) is 175 Å². The number of fused-ring (bicyclic) bond motifs is 3. The second-order valence-electron chi connectivity index (χ2n) is 30.0. The van der Waals surface area contributed by atoms with E-state index in [0.717, 1.165) is 74.0 Å². The maximum Gasteiger partial charge on any atom is 0.209 e. The van der Waals surface area contributed by atoms with Crippen LogP contribution >= 0.6 is 127 Å². The number of hydrogen-bond donors (Lipinski definition) is 4. The number of ether oxygens (including phenoxy) is 6. The second kappa shape index (κ2) is 48.3. The van der Waals surface area contributed by atoms with E-state index in [1.165, 1.54) is 22.8 Å². The summed E-state index contributed by atoms with van der Waals surface area (Å²) in [5.41, 5.74) is 9.47. The van der Waals surface area contributed by atoms with Gasteiger partial charge in [0.2, 0.25) is 11.8 Å². The summed E-state index contributed by atoms with van der Waals surface area (Å²) < 4.78 is 56.3. The summed E-state index contributed by atoms with van der Waals surface area (Å²) >= 11 is 26.7. The van der Waals surface area contributed by atoms with Gasteiger partial charge in [0.15, 0.2) is 25.0 Å². The van der Waals surface area contributed by atoms with Gasteiger partial charge in [0.05, 0.1) is 79.4 Å². The Morgan fingerprint density at radius 3 is 1.27 bits per heavy atom. The maximum absolute atomic E-state index is 9.60. The third-order valence-corrected chi connectivity index (χ3v) is 36.9. The summed E-state index contributed by atoms with van der Waals surface area (Å²) in [6, 6.07) is 28.6. The summed E-state index contributed by atoms with van der Waals surface area (Å²) in [5, 5.41) is 38.6. The molecular weight excluding hydrogens is 1970 g/mol. The predicted molar refractivity (Wildman–Crippen MR) is 492 cm³/mol. The number of benzene rings is 6. The Morgan fingerprint density at radius 2 is 0.891 bits per heavy atom. The Kier molecular flexibility index (Phi) is 43.8. The molecule has 0 amide bonds. The largest absolute Gasteiger partial charge is 0.507 e. The second-order valence-corrected chi connectivity index (χ2v) is 50.7. The molecule has 110 heavy (non-hydrogen) atoms. The molecule has 0 saturated carbocycles. The van der Waals surface area contributed by atoms with Gasteiger partial charge in [-0.15, -0.1) is 12.8 Å². The average molecular weight is 2080 g/mol. The van der Waals surface area contributed by atoms with Crippen molar-refractivity contribution >= 4 is 182 Å². The summed E-state index contributed by atoms with van der Waals surface area (Å²) in [7, 11) is -1.92. The Hall–Kier alpha value is -4.31. The van der Waals surface area contributed by atoms with E-state index in [1.807, 2.05) is 78.9 Å². The van der Waals surface area contributed by atoms with Crippen molar-refractivity contribution in [3.05, 3.63) is 186 Å². The predicted octanol–water partition coefficient (Wildman–Crippen LogP) is 24.9. The molecule has 6 aromatic carbocycles. The minimum atomic E-state index is -1.73. The molecule has 26 heteroatoms. The van der Waals surface area contributed by atoms with E-state index < -0.39 is 25.0 Å². The number of nitrogens with zero attached hydrogens (tertiary/aromatic N) is 2. The Balaban J connectivity index is 0.000000333. The lowest BCUT2D eigenvalue weighted by atomic mass is 10.0. The number of methoxy groups -OCH3 is 2. The van der Waals surface area contributed by atoms with Crippen LogP contribution in [-0.2, 0) is 61.1 Å². The van der Waals surface area contributed by atoms with Crippen LogP contribution in [0.5, 0.6) is 34.5 Å². The van der Waals surface area contributed by atoms with Crippen molar-refractivity contribution < 1.29 is 62.1 Å². The highest BCUT2D eigenvalue weighted by atomic mass is 79.9. The van der Waals surface area contributed by atoms with Gasteiger partial charge >= 0.3 is 0 Å². The third kappa shape index (κ3) is 32.4. The number of hydrogen-bond acceptors (Lipinski definition) is 15. The van der Waals surface area contributed by atoms with Crippen LogP contribution in [-0.4, -0.2) is 116 Å². The molecule has 4 heterocycles. The third-order valence-electron chi connectivity index (χ3n) is 18.6. The molecular formula is C84H110Br8N2O13Si3. The molecule has 602 valence electrons. The first-order valence-corrected chi connectivity index (χ1v) is 51.2. The van der Waals surface area contributed by atoms with Crippen LogP contribution in [0.25, 0.3) is 18.2 Å². The molecule has 15 nitrogen and oxygen atoms in total. The average Bonchev–Trinajstić information content (AvgIpc) is 0.807. The Labute approximate surface area is 726 Å². The molecule has 0 saturated heterocycles. The molecule has 6 aromatic rings. The van der Waals surface area contributed by atoms with Gasteiger partial charge in [-0.05, 0) is 262 Å². The molecule has 0 aromatic heterocycles. The normalized spacial score (nSPS) is 13.8. The molecule has 0 aliphatic carbocycles. The molecule has 0 fully saturated rings. The zero-order chi connectivity index (χ0) is 83.0. The number of aromatic hydroxyl groups is 2. The number of halogens is 8. The first-order chi connectivity index (χ1) is 51.5. The van der Waals surface area contributed by atoms with Gasteiger partial charge in [0.1, 0.15) is 73.5 Å². The molecule has 0 unspecified atom stereocenters. The van der Waals surface area contributed by atoms with E-state index in [0.29, 0.717) is 83.7 Å². The van der Waals surface area contributed by atoms with E-state index >= 15 is 0 Å². The van der Waals surface area contributed by atoms with Gasteiger partial charge in [-0.25, -0.2) is 9.98 Å². The SMILES string of the molecule is BrCc1ccc(Br)c2c1C=CCO2.C#CCBr.C#CCOc1cc(CO[Si](C)(C)C(C)(C)C)ccc1Br.CC(C)(C)[Si](C)(C)OCc1ccc(Br)c(O)c1.CC(C)(C)[Si](C)(C)OCc1ccc(Br)c2c1C=CCO2.COC1=N[C@H](C(C)C)C(OC)=NC1.OCc1ccc(Br)c(O)c1.OCc1ccc(Br)c2c1C=CCO2. The Bertz CT molecular complexity index is 4100. The van der Waals surface area contributed by atoms with E-state index in [-0.39, 0.29) is 52.5 Å². The van der Waals surface area contributed by atoms with Crippen LogP contribution in [0.1, 0.15) is 126 Å². The van der Waals surface area contributed by atoms with Gasteiger partial charge in [0, 0.05) is 22.0 Å². The van der Waals surface area contributed by atoms with E-state index in [4.69, 9.17) is 69.9 Å². The van der Waals surface area contributed by atoms with E-state index in [2.05, 4.69) is 289 Å². The Morgan fingerprint density at radius 1 is 0.509 bits per heavy atom. The van der Waals surface area contributed by atoms with Crippen molar-refractivity contribution in [1.29, 1.82) is 0 Å². The molecule has 4 aliphatic rings. The molecule has 4 aliphatic heterocycles. The minimum absolute atomic E-state index is 0.00806. The van der Waals surface area contributed by atoms with Crippen molar-refractivity contribution in [3.8, 4) is 59.2 Å². The van der Waals surface area contributed by atoms with Crippen molar-refractivity contribution in [2.75, 3.05) is 52.5 Å². The number of aliphatic imine (C=N–C) groups is 2. The van der Waals surface area contributed by atoms with E-state index in [9.17, 15) is 5.11 Å². The minimum Gasteiger partial charge on any atom is -0.507 e. The molecule has 0 bridgehead atoms. The zero-order valence-electron chi connectivity index (χ0n) is 66.8. The smallest absolute Gasteiger partial charge is 0.209 e. The highest BCUT2D eigenvalue weighted by molar-refractivity contribution is 9.11. The molecule has 4 N–H and O–H groups in total. The number of aliphatic hydroxyl groups is 2. The van der Waals surface area contributed by atoms with Crippen LogP contribution < -0.4 is 18.9 Å². The fourth-order valence-corrected chi connectivity index (χ4v) is 14.5. The number of rotatable bonds is 15. The van der Waals surface area contributed by atoms with Crippen molar-refractivity contribution in [2.24, 2.45) is 15.9 Å². The topological polar surface area (TPSA) is 189 Å². The molecule has 0 radical (unpaired) electrons. The fraction of sp³-hybridized carbons (Fsp3) is 0.429. The van der Waals surface area contributed by atoms with Crippen LogP contribution in [0, 0.1) is 30.6 Å². The lowest BCUT2D eigenvalue weighted by Gasteiger charge is -2.36. The summed E-state index contributed by atoms with van der Waals surface area (Å²) in [6.07, 6.45) is 22.2. The number of terminal acetylenes is 2. The number of aliphatic hydroxyl groups excluding tert-OH is 2. The molecule has 10 rings (SSSR count). The fourth-order valence-electron chi connectivity index (χ4n) is 8.94. The summed E-state index contributed by atoms with van der Waals surface area (Å²) in [4.78, 5) is 8.63. The van der Waals surface area contributed by atoms with Crippen LogP contribution in [0.3, 0.4) is 0 Å². The van der Waals surface area contributed by atoms with Gasteiger partial charge in [-0.1, -0.05) is 174 Å². The number of phenolic OH excluding ortho intramolecular Hbond substituents is 2. The number of alkyl halides is 2. The monoisotopic (exact) mass is 2070 g/mol. The lowest BCUT2D eigenvalue weighted by Crippen LogP contribution is -2.40. The van der Waals surface area contributed by atoms with Crippen LogP contribution in [0.2, 0.25) is 54.4 Å². The quantitative estimate of drug-likeness (QED) is 0.0432. The van der Waals surface area contributed by atoms with E-state index in [1.54, 1.807) is 32.4 Å². The summed E-state index contributed by atoms with van der Waals surface area (Å²) in [5.74, 6) is 10.5. The standard InChI is InChI=1S/2C16H23BrO2Si.C13H21BrO2Si.C10H8Br2O.C10H9BrO2.C9H16N2O2.C7H7BrO2.C3H3Br/c1-16(2,3)20(4,5)19-11-12-8-9-14(17)15-13(12)7-6-10-18-15;1-7-10-18-15-11-13(8-9-14(15)17)12-19-20(5,6)16(2,3)4;1-13(2,3)17(4,5)16-9-10-6-7-11(14)12(15)8-10;11-6-7-3-4-9(12)10-8(7)2-1-5-13-10;11-9-4-3-7(6-12)8-2-1-5-13-10(8)9;1-6(2)8-9(13-4)10-5-7(11-8)12-3;8-6-2-1-5(4-9)3-7(6)10;1-2-3-4/h6-9H,10-11H2,1-5H3;1,8-9,11H,10,12H2,2-6H3;6-8,15H,9H2,1-5H3;1-4H,5-6H2;1-4,12H,5-6H2;6,8H,5H2,1-4H3;1-3,9-10H,4H2;1H,3H2/t;;;;;8-;;/m.....1../s1. The number of phenols is 2.